The third kappa shape index (κ3) is 5.02. The molecule has 14 heavy (non-hydrogen) atoms. The molecule has 0 fully saturated rings. The molecule has 6 heteroatoms. The Morgan fingerprint density at radius 2 is 1.71 bits per heavy atom. The van der Waals surface area contributed by atoms with Gasteiger partial charge in [-0.25, -0.2) is 0 Å². The van der Waals surface area contributed by atoms with Crippen molar-refractivity contribution in [2.45, 2.75) is 10.4 Å². The maximum Gasteiger partial charge on any atom is 0.442 e. The summed E-state index contributed by atoms with van der Waals surface area (Å²) in [6, 6.07) is 6.71. The van der Waals surface area contributed by atoms with Crippen LogP contribution in [0, 0.1) is 0 Å². The molecular weight excluding hydrogens is 253 g/mol. The van der Waals surface area contributed by atoms with Crippen LogP contribution in [0.2, 0.25) is 5.02 Å². The van der Waals surface area contributed by atoms with Crippen LogP contribution in [0.4, 0.5) is 13.2 Å². The van der Waals surface area contributed by atoms with Crippen LogP contribution >= 0.6 is 35.1 Å². The second-order valence-electron chi connectivity index (χ2n) is 2.31. The molecule has 1 aromatic carbocycles. The van der Waals surface area contributed by atoms with Gasteiger partial charge in [0.05, 0.1) is 5.08 Å². The van der Waals surface area contributed by atoms with Crippen molar-refractivity contribution in [3.63, 3.8) is 0 Å². The third-order valence-corrected chi connectivity index (χ3v) is 3.39. The molecule has 0 aromatic heterocycles. The van der Waals surface area contributed by atoms with E-state index in [1.165, 1.54) is 0 Å². The van der Waals surface area contributed by atoms with Crippen LogP contribution in [0.25, 0.3) is 0 Å². The molecule has 78 valence electrons. The highest BCUT2D eigenvalue weighted by Crippen LogP contribution is 2.35. The highest BCUT2D eigenvalue weighted by Gasteiger charge is 2.27. The highest BCUT2D eigenvalue weighted by molar-refractivity contribution is 8.16. The molecule has 0 nitrogen and oxygen atoms in total. The summed E-state index contributed by atoms with van der Waals surface area (Å²) in [7, 11) is 0. The van der Waals surface area contributed by atoms with E-state index in [-0.39, 0.29) is 16.8 Å². The summed E-state index contributed by atoms with van der Waals surface area (Å²) < 4.78 is 35.3. The Morgan fingerprint density at radius 3 is 2.21 bits per heavy atom. The molecule has 0 aliphatic heterocycles. The van der Waals surface area contributed by atoms with Gasteiger partial charge in [0.15, 0.2) is 0 Å². The Morgan fingerprint density at radius 1 is 1.14 bits per heavy atom. The van der Waals surface area contributed by atoms with Crippen molar-refractivity contribution in [3.8, 4) is 0 Å². The van der Waals surface area contributed by atoms with Crippen LogP contribution in [0.1, 0.15) is 0 Å². The Kier molecular flexibility index (Phi) is 4.47. The molecule has 0 spiro atoms. The molecule has 0 N–H and O–H groups in total. The fraction of sp³-hybridized carbons (Fsp3) is 0.250. The number of hydrogen-bond acceptors (Lipinski definition) is 2. The molecule has 0 atom stereocenters. The molecule has 1 rings (SSSR count). The van der Waals surface area contributed by atoms with Crippen LogP contribution in [0.3, 0.4) is 0 Å². The average molecular weight is 259 g/mol. The van der Waals surface area contributed by atoms with Gasteiger partial charge in [0.2, 0.25) is 0 Å². The van der Waals surface area contributed by atoms with Crippen molar-refractivity contribution >= 4 is 35.1 Å². The first-order valence-corrected chi connectivity index (χ1v) is 5.91. The summed E-state index contributed by atoms with van der Waals surface area (Å²) in [4.78, 5) is 0.783. The van der Waals surface area contributed by atoms with E-state index in [1.807, 2.05) is 0 Å². The molecule has 0 amide bonds. The number of hydrogen-bond donors (Lipinski definition) is 0. The predicted octanol–water partition coefficient (Wildman–Crippen LogP) is 4.64. The first kappa shape index (κ1) is 12.1. The standard InChI is InChI=1S/C8H6ClF3S2/c9-6-1-3-7(4-2-6)13-5-14-8(10,11)12/h1-4H,5H2. The zero-order chi connectivity index (χ0) is 10.6. The van der Waals surface area contributed by atoms with E-state index in [0.29, 0.717) is 5.02 Å². The van der Waals surface area contributed by atoms with E-state index in [9.17, 15) is 13.2 Å². The van der Waals surface area contributed by atoms with Gasteiger partial charge < -0.3 is 0 Å². The predicted molar refractivity (Wildman–Crippen MR) is 55.8 cm³/mol. The van der Waals surface area contributed by atoms with E-state index >= 15 is 0 Å². The minimum absolute atomic E-state index is 0.0366. The topological polar surface area (TPSA) is 0 Å². The summed E-state index contributed by atoms with van der Waals surface area (Å²) in [6.45, 7) is 0. The van der Waals surface area contributed by atoms with Crippen molar-refractivity contribution in [3.05, 3.63) is 29.3 Å². The largest absolute Gasteiger partial charge is 0.442 e. The average Bonchev–Trinajstić information content (AvgIpc) is 2.06. The molecule has 0 saturated carbocycles. The first-order chi connectivity index (χ1) is 6.47. The summed E-state index contributed by atoms with van der Waals surface area (Å²) in [5.74, 6) is 0. The fourth-order valence-corrected chi connectivity index (χ4v) is 2.46. The summed E-state index contributed by atoms with van der Waals surface area (Å²) in [5.41, 5.74) is -4.15. The summed E-state index contributed by atoms with van der Waals surface area (Å²) in [6.07, 6.45) is 0. The van der Waals surface area contributed by atoms with Crippen molar-refractivity contribution in [2.75, 3.05) is 5.08 Å². The van der Waals surface area contributed by atoms with E-state index < -0.39 is 5.51 Å². The van der Waals surface area contributed by atoms with Crippen molar-refractivity contribution in [1.82, 2.24) is 0 Å². The SMILES string of the molecule is FC(F)(F)SCSc1ccc(Cl)cc1. The van der Waals surface area contributed by atoms with Gasteiger partial charge in [0, 0.05) is 9.92 Å². The van der Waals surface area contributed by atoms with Gasteiger partial charge in [0.25, 0.3) is 0 Å². The normalized spacial score (nSPS) is 11.7. The smallest absolute Gasteiger partial charge is 0.160 e. The number of thioether (sulfide) groups is 2. The molecule has 0 saturated heterocycles. The Balaban J connectivity index is 2.35. The quantitative estimate of drug-likeness (QED) is 0.572. The lowest BCUT2D eigenvalue weighted by Gasteiger charge is -2.04. The Hall–Kier alpha value is -0.000000000000000111. The Bertz CT molecular complexity index is 284. The van der Waals surface area contributed by atoms with Crippen LogP contribution in [0.15, 0.2) is 29.2 Å². The zero-order valence-corrected chi connectivity index (χ0v) is 9.23. The fourth-order valence-electron chi connectivity index (χ4n) is 0.695. The molecule has 0 heterocycles. The third-order valence-electron chi connectivity index (χ3n) is 1.26. The number of rotatable bonds is 3. The molecular formula is C8H6ClF3S2. The van der Waals surface area contributed by atoms with E-state index in [4.69, 9.17) is 11.6 Å². The lowest BCUT2D eigenvalue weighted by atomic mass is 10.4. The van der Waals surface area contributed by atoms with Crippen LogP contribution < -0.4 is 0 Å². The van der Waals surface area contributed by atoms with Gasteiger partial charge in [-0.1, -0.05) is 11.6 Å². The number of benzene rings is 1. The van der Waals surface area contributed by atoms with Gasteiger partial charge in [-0.15, -0.1) is 11.8 Å². The summed E-state index contributed by atoms with van der Waals surface area (Å²) in [5, 5.41) is 0.545. The van der Waals surface area contributed by atoms with Gasteiger partial charge in [-0.2, -0.15) is 13.2 Å². The summed E-state index contributed by atoms with van der Waals surface area (Å²) >= 11 is 6.73. The number of halogens is 4. The van der Waals surface area contributed by atoms with E-state index in [1.54, 1.807) is 24.3 Å². The van der Waals surface area contributed by atoms with Crippen LogP contribution in [0.5, 0.6) is 0 Å². The second-order valence-corrected chi connectivity index (χ2v) is 5.20. The Labute approximate surface area is 93.2 Å². The molecule has 0 bridgehead atoms. The monoisotopic (exact) mass is 258 g/mol. The zero-order valence-electron chi connectivity index (χ0n) is 6.84. The maximum atomic E-state index is 11.8. The second kappa shape index (κ2) is 5.19. The van der Waals surface area contributed by atoms with E-state index in [2.05, 4.69) is 0 Å². The lowest BCUT2D eigenvalue weighted by molar-refractivity contribution is -0.0324. The minimum Gasteiger partial charge on any atom is -0.160 e. The van der Waals surface area contributed by atoms with Crippen molar-refractivity contribution in [1.29, 1.82) is 0 Å². The lowest BCUT2D eigenvalue weighted by Crippen LogP contribution is -1.99. The van der Waals surface area contributed by atoms with Gasteiger partial charge in [-0.3, -0.25) is 0 Å². The molecule has 0 aliphatic rings. The van der Waals surface area contributed by atoms with Crippen LogP contribution in [-0.4, -0.2) is 10.6 Å². The van der Waals surface area contributed by atoms with Gasteiger partial charge in [-0.05, 0) is 36.0 Å². The number of alkyl halides is 3. The van der Waals surface area contributed by atoms with Crippen molar-refractivity contribution < 1.29 is 13.2 Å². The van der Waals surface area contributed by atoms with Crippen molar-refractivity contribution in [2.24, 2.45) is 0 Å². The first-order valence-electron chi connectivity index (χ1n) is 3.56. The van der Waals surface area contributed by atoms with Crippen LogP contribution in [-0.2, 0) is 0 Å². The van der Waals surface area contributed by atoms with E-state index in [0.717, 1.165) is 16.7 Å². The molecule has 0 aliphatic carbocycles. The molecule has 0 radical (unpaired) electrons. The highest BCUT2D eigenvalue weighted by atomic mass is 35.5. The van der Waals surface area contributed by atoms with Gasteiger partial charge in [0.1, 0.15) is 0 Å². The minimum atomic E-state index is -4.15. The molecule has 1 aromatic rings. The van der Waals surface area contributed by atoms with Gasteiger partial charge >= 0.3 is 5.51 Å². The molecule has 0 unspecified atom stereocenters. The maximum absolute atomic E-state index is 11.8.